The number of rotatable bonds is 5. The van der Waals surface area contributed by atoms with Crippen molar-refractivity contribution < 1.29 is 0 Å². The molecule has 0 fully saturated rings. The molecule has 3 aliphatic rings. The Morgan fingerprint density at radius 3 is 1.41 bits per heavy atom. The lowest BCUT2D eigenvalue weighted by Crippen LogP contribution is -2.25. The fourth-order valence-corrected chi connectivity index (χ4v) is 11.5. The second-order valence-corrected chi connectivity index (χ2v) is 18.0. The summed E-state index contributed by atoms with van der Waals surface area (Å²) in [5.74, 6) is 0. The molecule has 1 nitrogen and oxygen atoms in total. The van der Waals surface area contributed by atoms with Crippen LogP contribution in [0.2, 0.25) is 0 Å². The van der Waals surface area contributed by atoms with Crippen LogP contribution in [0.4, 0.5) is 17.1 Å². The van der Waals surface area contributed by atoms with Crippen molar-refractivity contribution in [2.45, 2.75) is 24.7 Å². The fourth-order valence-electron chi connectivity index (χ4n) is 11.5. The molecule has 13 rings (SSSR count). The van der Waals surface area contributed by atoms with Crippen LogP contribution in [0.1, 0.15) is 47.2 Å². The molecule has 0 aromatic heterocycles. The zero-order valence-electron chi connectivity index (χ0n) is 35.3. The Morgan fingerprint density at radius 1 is 0.270 bits per heavy atom. The molecule has 63 heavy (non-hydrogen) atoms. The summed E-state index contributed by atoms with van der Waals surface area (Å²) >= 11 is 0. The lowest BCUT2D eigenvalue weighted by molar-refractivity contribution is 0.660. The van der Waals surface area contributed by atoms with Crippen LogP contribution < -0.4 is 4.90 Å². The normalized spacial score (nSPS) is 14.1. The highest BCUT2D eigenvalue weighted by Crippen LogP contribution is 2.63. The van der Waals surface area contributed by atoms with Gasteiger partial charge in [-0.3, -0.25) is 0 Å². The molecule has 10 aromatic rings. The van der Waals surface area contributed by atoms with Gasteiger partial charge < -0.3 is 4.90 Å². The van der Waals surface area contributed by atoms with E-state index >= 15 is 0 Å². The smallest absolute Gasteiger partial charge is 0.0725 e. The van der Waals surface area contributed by atoms with Gasteiger partial charge in [0.05, 0.1) is 5.41 Å². The van der Waals surface area contributed by atoms with Crippen molar-refractivity contribution in [3.8, 4) is 55.6 Å². The molecule has 3 aliphatic carbocycles. The van der Waals surface area contributed by atoms with E-state index in [4.69, 9.17) is 0 Å². The van der Waals surface area contributed by atoms with Gasteiger partial charge in [0, 0.05) is 22.5 Å². The summed E-state index contributed by atoms with van der Waals surface area (Å²) in [5, 5.41) is 2.53. The van der Waals surface area contributed by atoms with E-state index in [0.29, 0.717) is 0 Å². The predicted octanol–water partition coefficient (Wildman–Crippen LogP) is 16.3. The van der Waals surface area contributed by atoms with Gasteiger partial charge in [0.2, 0.25) is 0 Å². The molecule has 296 valence electrons. The monoisotopic (exact) mass is 801 g/mol. The van der Waals surface area contributed by atoms with Crippen LogP contribution in [0.25, 0.3) is 66.4 Å². The highest BCUT2D eigenvalue weighted by molar-refractivity contribution is 5.97. The van der Waals surface area contributed by atoms with Gasteiger partial charge in [-0.25, -0.2) is 0 Å². The summed E-state index contributed by atoms with van der Waals surface area (Å²) < 4.78 is 0. The molecule has 0 radical (unpaired) electrons. The van der Waals surface area contributed by atoms with Gasteiger partial charge in [-0.1, -0.05) is 190 Å². The summed E-state index contributed by atoms with van der Waals surface area (Å²) in [7, 11) is 0. The van der Waals surface area contributed by atoms with Gasteiger partial charge in [0.25, 0.3) is 0 Å². The van der Waals surface area contributed by atoms with Crippen molar-refractivity contribution in [2.75, 3.05) is 4.90 Å². The van der Waals surface area contributed by atoms with Gasteiger partial charge in [0.15, 0.2) is 0 Å². The van der Waals surface area contributed by atoms with Gasteiger partial charge >= 0.3 is 0 Å². The van der Waals surface area contributed by atoms with Crippen molar-refractivity contribution in [1.29, 1.82) is 0 Å². The van der Waals surface area contributed by atoms with E-state index in [1.807, 2.05) is 0 Å². The van der Waals surface area contributed by atoms with E-state index in [2.05, 4.69) is 243 Å². The maximum atomic E-state index is 2.47. The topological polar surface area (TPSA) is 3.24 Å². The summed E-state index contributed by atoms with van der Waals surface area (Å²) in [5.41, 5.74) is 23.8. The third kappa shape index (κ3) is 5.11. The van der Waals surface area contributed by atoms with Gasteiger partial charge in [-0.05, 0) is 148 Å². The molecule has 0 saturated carbocycles. The van der Waals surface area contributed by atoms with Crippen LogP contribution in [0.3, 0.4) is 0 Å². The maximum Gasteiger partial charge on any atom is 0.0725 e. The van der Waals surface area contributed by atoms with Crippen LogP contribution in [-0.4, -0.2) is 0 Å². The summed E-state index contributed by atoms with van der Waals surface area (Å²) in [6.45, 7) is 4.79. The Labute approximate surface area is 369 Å². The molecule has 0 aliphatic heterocycles. The van der Waals surface area contributed by atoms with Crippen LogP contribution in [-0.2, 0) is 10.8 Å². The first-order chi connectivity index (χ1) is 31.0. The maximum absolute atomic E-state index is 2.47. The average Bonchev–Trinajstić information content (AvgIpc) is 3.90. The van der Waals surface area contributed by atoms with Crippen molar-refractivity contribution in [3.05, 3.63) is 258 Å². The SMILES string of the molecule is CC1(C)c2cc(-c3ccc4ccccc4c3)ccc2-c2ccc(N(c3ccc(-c4ccccc4)cc3)c3ccc4c(c3)-c3ccccc3C43c4ccccc4-c4ccccc43)cc21. The van der Waals surface area contributed by atoms with E-state index in [1.165, 1.54) is 99.8 Å². The van der Waals surface area contributed by atoms with Crippen LogP contribution >= 0.6 is 0 Å². The van der Waals surface area contributed by atoms with E-state index in [1.54, 1.807) is 0 Å². The highest BCUT2D eigenvalue weighted by atomic mass is 15.1. The first-order valence-electron chi connectivity index (χ1n) is 22.2. The number of benzene rings is 10. The molecule has 0 atom stereocenters. The second kappa shape index (κ2) is 13.4. The first kappa shape index (κ1) is 36.0. The Hall–Kier alpha value is -7.74. The molecule has 0 saturated heterocycles. The van der Waals surface area contributed by atoms with Gasteiger partial charge in [0.1, 0.15) is 0 Å². The quantitative estimate of drug-likeness (QED) is 0.168. The second-order valence-electron chi connectivity index (χ2n) is 18.0. The van der Waals surface area contributed by atoms with Crippen LogP contribution in [0.5, 0.6) is 0 Å². The molecular weight excluding hydrogens is 759 g/mol. The Kier molecular flexibility index (Phi) is 7.64. The van der Waals surface area contributed by atoms with E-state index in [0.717, 1.165) is 17.1 Å². The van der Waals surface area contributed by atoms with E-state index in [-0.39, 0.29) is 10.8 Å². The van der Waals surface area contributed by atoms with Crippen molar-refractivity contribution in [2.24, 2.45) is 0 Å². The van der Waals surface area contributed by atoms with Crippen molar-refractivity contribution >= 4 is 27.8 Å². The molecule has 1 spiro atoms. The Morgan fingerprint density at radius 2 is 0.714 bits per heavy atom. The zero-order chi connectivity index (χ0) is 41.9. The summed E-state index contributed by atoms with van der Waals surface area (Å²) in [4.78, 5) is 2.47. The van der Waals surface area contributed by atoms with Crippen LogP contribution in [0.15, 0.2) is 224 Å². The highest BCUT2D eigenvalue weighted by Gasteiger charge is 2.51. The molecule has 0 amide bonds. The lowest BCUT2D eigenvalue weighted by atomic mass is 9.70. The molecule has 10 aromatic carbocycles. The largest absolute Gasteiger partial charge is 0.310 e. The molecule has 1 heteroatoms. The lowest BCUT2D eigenvalue weighted by Gasteiger charge is -2.31. The summed E-state index contributed by atoms with van der Waals surface area (Å²) in [6.07, 6.45) is 0. The fraction of sp³-hybridized carbons (Fsp3) is 0.0645. The average molecular weight is 802 g/mol. The Bertz CT molecular complexity index is 3440. The molecule has 0 unspecified atom stereocenters. The first-order valence-corrected chi connectivity index (χ1v) is 22.2. The number of hydrogen-bond acceptors (Lipinski definition) is 1. The predicted molar refractivity (Wildman–Crippen MR) is 263 cm³/mol. The van der Waals surface area contributed by atoms with Crippen LogP contribution in [0, 0.1) is 0 Å². The number of fused-ring (bicyclic) bond motifs is 14. The molecule has 0 heterocycles. The minimum Gasteiger partial charge on any atom is -0.310 e. The molecule has 0 N–H and O–H groups in total. The Balaban J connectivity index is 0.971. The van der Waals surface area contributed by atoms with Gasteiger partial charge in [-0.15, -0.1) is 0 Å². The minimum atomic E-state index is -0.380. The third-order valence-electron chi connectivity index (χ3n) is 14.5. The standard InChI is InChI=1S/C62H43N/c1-61(2)59-37-45(44-25-24-41-16-6-7-17-43(41)36-44)28-33-52(59)53-34-31-48(39-60(53)61)63(46-29-26-42(27-30-46)40-14-4-3-5-15-40)47-32-35-58-54(38-47)51-20-10-13-23-57(51)62(58)55-21-11-8-18-49(55)50-19-9-12-22-56(50)62/h3-39H,1-2H3. The van der Waals surface area contributed by atoms with E-state index < -0.39 is 0 Å². The minimum absolute atomic E-state index is 0.205. The van der Waals surface area contributed by atoms with Crippen molar-refractivity contribution in [3.63, 3.8) is 0 Å². The number of hydrogen-bond donors (Lipinski definition) is 0. The van der Waals surface area contributed by atoms with E-state index in [9.17, 15) is 0 Å². The van der Waals surface area contributed by atoms with Gasteiger partial charge in [-0.2, -0.15) is 0 Å². The number of nitrogens with zero attached hydrogens (tertiary/aromatic N) is 1. The molecular formula is C62H43N. The third-order valence-corrected chi connectivity index (χ3v) is 14.5. The number of anilines is 3. The zero-order valence-corrected chi connectivity index (χ0v) is 35.3. The molecule has 0 bridgehead atoms. The van der Waals surface area contributed by atoms with Crippen molar-refractivity contribution in [1.82, 2.24) is 0 Å². The summed E-state index contributed by atoms with van der Waals surface area (Å²) in [6, 6.07) is 83.9.